The molecule has 136 valence electrons. The predicted octanol–water partition coefficient (Wildman–Crippen LogP) is 5.12. The van der Waals surface area contributed by atoms with Gasteiger partial charge in [-0.15, -0.1) is 0 Å². The van der Waals surface area contributed by atoms with E-state index >= 15 is 0 Å². The number of nitrogens with zero attached hydrogens (tertiary/aromatic N) is 2. The summed E-state index contributed by atoms with van der Waals surface area (Å²) in [6.45, 7) is 4.77. The number of anilines is 1. The molecule has 2 aromatic carbocycles. The van der Waals surface area contributed by atoms with E-state index in [0.29, 0.717) is 0 Å². The number of hydrogen-bond acceptors (Lipinski definition) is 1. The van der Waals surface area contributed by atoms with Gasteiger partial charge in [0.25, 0.3) is 0 Å². The van der Waals surface area contributed by atoms with Gasteiger partial charge in [0.05, 0.1) is 5.39 Å². The fraction of sp³-hybridized carbons (Fsp3) is 0.167. The average molecular weight is 357 g/mol. The van der Waals surface area contributed by atoms with Crippen molar-refractivity contribution in [3.63, 3.8) is 0 Å². The first-order chi connectivity index (χ1) is 13.2. The van der Waals surface area contributed by atoms with Crippen molar-refractivity contribution >= 4 is 28.6 Å². The van der Waals surface area contributed by atoms with Gasteiger partial charge in [0, 0.05) is 37.4 Å². The lowest BCUT2D eigenvalue weighted by molar-refractivity contribution is -0.671. The van der Waals surface area contributed by atoms with Crippen LogP contribution in [0.2, 0.25) is 0 Å². The maximum atomic E-state index is 11.9. The first-order valence-electron chi connectivity index (χ1n) is 9.31. The summed E-state index contributed by atoms with van der Waals surface area (Å²) in [5, 5.41) is 1.23. The molecule has 0 saturated carbocycles. The second-order valence-corrected chi connectivity index (χ2v) is 6.41. The largest absolute Gasteiger partial charge is 0.288 e. The summed E-state index contributed by atoms with van der Waals surface area (Å²) in [6, 6.07) is 20.2. The van der Waals surface area contributed by atoms with E-state index in [1.807, 2.05) is 42.5 Å². The minimum Gasteiger partial charge on any atom is -0.288 e. The molecule has 3 aromatic rings. The maximum absolute atomic E-state index is 11.9. The monoisotopic (exact) mass is 357 g/mol. The van der Waals surface area contributed by atoms with E-state index in [-0.39, 0.29) is 5.91 Å². The number of fused-ring (bicyclic) bond motifs is 1. The molecule has 0 atom stereocenters. The number of carbonyl (C=O) groups is 1. The van der Waals surface area contributed by atoms with E-state index in [1.165, 1.54) is 10.9 Å². The Balaban J connectivity index is 1.85. The lowest BCUT2D eigenvalue weighted by atomic mass is 10.1. The number of carbonyl (C=O) groups excluding carboxylic acids is 1. The van der Waals surface area contributed by atoms with Gasteiger partial charge in [0.2, 0.25) is 11.4 Å². The molecule has 3 heteroatoms. The molecule has 0 unspecified atom stereocenters. The maximum Gasteiger partial charge on any atom is 0.227 e. The number of aryl methyl sites for hydroxylation is 1. The Kier molecular flexibility index (Phi) is 6.16. The van der Waals surface area contributed by atoms with Gasteiger partial charge >= 0.3 is 0 Å². The standard InChI is InChI=1S/C24H25N2O/c1-3-17-25-19-16-21(23-14-7-8-15-24(23)25)11-9-10-18-26(20(2)27)22-12-5-4-6-13-22/h4-16,18-19H,3,17H2,1-2H3/q+1. The topological polar surface area (TPSA) is 24.2 Å². The summed E-state index contributed by atoms with van der Waals surface area (Å²) in [4.78, 5) is 13.6. The van der Waals surface area contributed by atoms with Crippen LogP contribution in [0.15, 0.2) is 85.2 Å². The van der Waals surface area contributed by atoms with Crippen LogP contribution >= 0.6 is 0 Å². The molecule has 0 aliphatic rings. The molecule has 3 rings (SSSR count). The lowest BCUT2D eigenvalue weighted by Gasteiger charge is -2.15. The summed E-state index contributed by atoms with van der Waals surface area (Å²) < 4.78 is 2.29. The van der Waals surface area contributed by atoms with Gasteiger partial charge in [-0.25, -0.2) is 0 Å². The second-order valence-electron chi connectivity index (χ2n) is 6.41. The van der Waals surface area contributed by atoms with Gasteiger partial charge in [-0.2, -0.15) is 4.57 Å². The Morgan fingerprint density at radius 1 is 1.00 bits per heavy atom. The van der Waals surface area contributed by atoms with Gasteiger partial charge < -0.3 is 0 Å². The Morgan fingerprint density at radius 2 is 1.74 bits per heavy atom. The molecule has 1 aromatic heterocycles. The fourth-order valence-corrected chi connectivity index (χ4v) is 3.15. The highest BCUT2D eigenvalue weighted by atomic mass is 16.2. The van der Waals surface area contributed by atoms with Crippen molar-refractivity contribution in [1.29, 1.82) is 0 Å². The third kappa shape index (κ3) is 4.50. The molecule has 0 bridgehead atoms. The molecule has 1 amide bonds. The normalized spacial score (nSPS) is 11.5. The minimum absolute atomic E-state index is 0.0170. The van der Waals surface area contributed by atoms with Crippen LogP contribution in [-0.2, 0) is 11.3 Å². The number of para-hydroxylation sites is 2. The molecular weight excluding hydrogens is 332 g/mol. The van der Waals surface area contributed by atoms with E-state index in [2.05, 4.69) is 54.1 Å². The number of pyridine rings is 1. The van der Waals surface area contributed by atoms with Crippen molar-refractivity contribution in [2.75, 3.05) is 4.90 Å². The Morgan fingerprint density at radius 3 is 2.48 bits per heavy atom. The summed E-state index contributed by atoms with van der Waals surface area (Å²) in [5.41, 5.74) is 3.26. The van der Waals surface area contributed by atoms with Gasteiger partial charge in [-0.3, -0.25) is 9.69 Å². The third-order valence-corrected chi connectivity index (χ3v) is 4.42. The minimum atomic E-state index is -0.0170. The summed E-state index contributed by atoms with van der Waals surface area (Å²) >= 11 is 0. The number of allylic oxidation sites excluding steroid dienone is 2. The second kappa shape index (κ2) is 8.95. The van der Waals surface area contributed by atoms with Crippen molar-refractivity contribution in [2.24, 2.45) is 0 Å². The first-order valence-corrected chi connectivity index (χ1v) is 9.31. The van der Waals surface area contributed by atoms with E-state index in [9.17, 15) is 4.79 Å². The Labute approximate surface area is 160 Å². The highest BCUT2D eigenvalue weighted by Gasteiger charge is 2.09. The fourth-order valence-electron chi connectivity index (χ4n) is 3.15. The molecule has 0 aliphatic heterocycles. The zero-order valence-electron chi connectivity index (χ0n) is 15.9. The molecule has 0 radical (unpaired) electrons. The number of benzene rings is 2. The quantitative estimate of drug-likeness (QED) is 0.444. The van der Waals surface area contributed by atoms with Crippen LogP contribution in [0.4, 0.5) is 5.69 Å². The van der Waals surface area contributed by atoms with Crippen molar-refractivity contribution in [3.8, 4) is 0 Å². The molecular formula is C24H25N2O+. The van der Waals surface area contributed by atoms with E-state index in [0.717, 1.165) is 24.2 Å². The van der Waals surface area contributed by atoms with Crippen LogP contribution in [0.25, 0.3) is 17.0 Å². The van der Waals surface area contributed by atoms with Crippen LogP contribution in [-0.4, -0.2) is 5.91 Å². The number of hydrogen-bond donors (Lipinski definition) is 0. The Hall–Kier alpha value is -3.20. The zero-order valence-corrected chi connectivity index (χ0v) is 15.9. The number of rotatable bonds is 6. The molecule has 0 spiro atoms. The van der Waals surface area contributed by atoms with Crippen molar-refractivity contribution in [3.05, 3.63) is 90.8 Å². The van der Waals surface area contributed by atoms with Crippen molar-refractivity contribution in [2.45, 2.75) is 26.8 Å². The molecule has 27 heavy (non-hydrogen) atoms. The summed E-state index contributed by atoms with van der Waals surface area (Å²) in [7, 11) is 0. The highest BCUT2D eigenvalue weighted by Crippen LogP contribution is 2.17. The molecule has 3 nitrogen and oxygen atoms in total. The van der Waals surface area contributed by atoms with Crippen LogP contribution in [0.3, 0.4) is 0 Å². The summed E-state index contributed by atoms with van der Waals surface area (Å²) in [5.74, 6) is -0.0170. The van der Waals surface area contributed by atoms with Crippen molar-refractivity contribution < 1.29 is 9.36 Å². The van der Waals surface area contributed by atoms with E-state index in [4.69, 9.17) is 0 Å². The molecule has 0 aliphatic carbocycles. The SMILES string of the molecule is CCC[n+]1ccc(C=CC=CN(C(C)=O)c2ccccc2)c2ccccc21. The van der Waals surface area contributed by atoms with Gasteiger partial charge in [0.1, 0.15) is 6.54 Å². The molecule has 1 heterocycles. The molecule has 0 saturated heterocycles. The van der Waals surface area contributed by atoms with Crippen molar-refractivity contribution in [1.82, 2.24) is 0 Å². The first kappa shape index (κ1) is 18.6. The lowest BCUT2D eigenvalue weighted by Crippen LogP contribution is -2.33. The molecule has 0 N–H and O–H groups in total. The number of amides is 1. The van der Waals surface area contributed by atoms with E-state index < -0.39 is 0 Å². The van der Waals surface area contributed by atoms with Crippen LogP contribution in [0, 0.1) is 0 Å². The molecule has 0 fully saturated rings. The Bertz CT molecular complexity index is 974. The third-order valence-electron chi connectivity index (χ3n) is 4.42. The predicted molar refractivity (Wildman–Crippen MR) is 112 cm³/mol. The average Bonchev–Trinajstić information content (AvgIpc) is 2.70. The smallest absolute Gasteiger partial charge is 0.227 e. The van der Waals surface area contributed by atoms with Gasteiger partial charge in [0.15, 0.2) is 6.20 Å². The van der Waals surface area contributed by atoms with Gasteiger partial charge in [-0.05, 0) is 29.8 Å². The zero-order chi connectivity index (χ0) is 19.1. The van der Waals surface area contributed by atoms with Gasteiger partial charge in [-0.1, -0.05) is 49.4 Å². The summed E-state index contributed by atoms with van der Waals surface area (Å²) in [6.07, 6.45) is 11.0. The highest BCUT2D eigenvalue weighted by molar-refractivity contribution is 5.93. The van der Waals surface area contributed by atoms with Crippen LogP contribution < -0.4 is 9.47 Å². The van der Waals surface area contributed by atoms with Crippen LogP contribution in [0.1, 0.15) is 25.8 Å². The van der Waals surface area contributed by atoms with E-state index in [1.54, 1.807) is 18.0 Å². The number of aromatic nitrogens is 1. The van der Waals surface area contributed by atoms with Crippen LogP contribution in [0.5, 0.6) is 0 Å².